The molecule has 0 saturated heterocycles. The molecule has 0 saturated carbocycles. The summed E-state index contributed by atoms with van der Waals surface area (Å²) in [5, 5.41) is 2.97. The summed E-state index contributed by atoms with van der Waals surface area (Å²) in [4.78, 5) is 0. The van der Waals surface area contributed by atoms with E-state index in [-0.39, 0.29) is 0 Å². The quantitative estimate of drug-likeness (QED) is 0.568. The monoisotopic (exact) mass is 125 g/mol. The van der Waals surface area contributed by atoms with E-state index >= 15 is 0 Å². The summed E-state index contributed by atoms with van der Waals surface area (Å²) < 4.78 is 0. The molecule has 0 radical (unpaired) electrons. The second kappa shape index (κ2) is 4.19. The number of hydrogen-bond donors (Lipinski definition) is 1. The van der Waals surface area contributed by atoms with Crippen LogP contribution in [-0.4, -0.2) is 7.05 Å². The summed E-state index contributed by atoms with van der Waals surface area (Å²) in [6.07, 6.45) is 3.85. The van der Waals surface area contributed by atoms with Gasteiger partial charge in [-0.25, -0.2) is 0 Å². The molecule has 0 bridgehead atoms. The molecular formula is C8H15N. The maximum atomic E-state index is 3.69. The predicted octanol–water partition coefficient (Wildman–Crippen LogP) is 1.93. The van der Waals surface area contributed by atoms with Crippen LogP contribution in [0.15, 0.2) is 24.4 Å². The molecule has 0 unspecified atom stereocenters. The third-order valence-corrected chi connectivity index (χ3v) is 1.21. The van der Waals surface area contributed by atoms with E-state index in [1.54, 1.807) is 0 Å². The molecule has 0 heterocycles. The average Bonchev–Trinajstić information content (AvgIpc) is 1.82. The fourth-order valence-electron chi connectivity index (χ4n) is 0.628. The molecule has 1 N–H and O–H groups in total. The fraction of sp³-hybridized carbons (Fsp3) is 0.500. The Morgan fingerprint density at radius 3 is 2.22 bits per heavy atom. The first kappa shape index (κ1) is 8.28. The first-order chi connectivity index (χ1) is 4.22. The van der Waals surface area contributed by atoms with Crippen molar-refractivity contribution in [1.29, 1.82) is 0 Å². The van der Waals surface area contributed by atoms with E-state index in [0.29, 0.717) is 5.92 Å². The van der Waals surface area contributed by atoms with E-state index in [1.807, 2.05) is 19.3 Å². The van der Waals surface area contributed by atoms with Crippen LogP contribution in [0.25, 0.3) is 0 Å². The van der Waals surface area contributed by atoms with Crippen molar-refractivity contribution in [2.75, 3.05) is 7.05 Å². The first-order valence-electron chi connectivity index (χ1n) is 3.22. The van der Waals surface area contributed by atoms with Gasteiger partial charge in [0.1, 0.15) is 0 Å². The van der Waals surface area contributed by atoms with Crippen LogP contribution in [0.1, 0.15) is 13.8 Å². The molecule has 0 amide bonds. The maximum absolute atomic E-state index is 3.69. The van der Waals surface area contributed by atoms with Crippen molar-refractivity contribution in [2.24, 2.45) is 5.92 Å². The molecule has 52 valence electrons. The summed E-state index contributed by atoms with van der Waals surface area (Å²) in [5.41, 5.74) is 1.25. The molecule has 0 spiro atoms. The average molecular weight is 125 g/mol. The maximum Gasteiger partial charge on any atom is 0.00278 e. The summed E-state index contributed by atoms with van der Waals surface area (Å²) in [6.45, 7) is 7.98. The molecule has 1 heteroatoms. The normalized spacial score (nSPS) is 11.8. The van der Waals surface area contributed by atoms with Crippen LogP contribution >= 0.6 is 0 Å². The first-order valence-corrected chi connectivity index (χ1v) is 3.22. The van der Waals surface area contributed by atoms with E-state index in [4.69, 9.17) is 0 Å². The largest absolute Gasteiger partial charge is 0.394 e. The van der Waals surface area contributed by atoms with Crippen molar-refractivity contribution in [3.05, 3.63) is 24.4 Å². The molecule has 0 atom stereocenters. The minimum Gasteiger partial charge on any atom is -0.394 e. The summed E-state index contributed by atoms with van der Waals surface area (Å²) in [6, 6.07) is 0. The number of nitrogens with one attached hydrogen (secondary N) is 1. The van der Waals surface area contributed by atoms with Crippen LogP contribution in [0.4, 0.5) is 0 Å². The van der Waals surface area contributed by atoms with Gasteiger partial charge < -0.3 is 5.32 Å². The number of allylic oxidation sites excluding steroid dienone is 2. The van der Waals surface area contributed by atoms with Gasteiger partial charge in [-0.1, -0.05) is 26.5 Å². The highest BCUT2D eigenvalue weighted by Gasteiger charge is 1.94. The van der Waals surface area contributed by atoms with Crippen molar-refractivity contribution in [3.63, 3.8) is 0 Å². The lowest BCUT2D eigenvalue weighted by Gasteiger charge is -2.04. The second-order valence-corrected chi connectivity index (χ2v) is 2.29. The standard InChI is InChI=1S/C8H15N/c1-5-8(6-9-4)7(2)3/h5-7,9H,1H2,2-4H3/b8-6+. The van der Waals surface area contributed by atoms with Gasteiger partial charge in [0.05, 0.1) is 0 Å². The topological polar surface area (TPSA) is 12.0 Å². The Morgan fingerprint density at radius 1 is 1.56 bits per heavy atom. The SMILES string of the molecule is C=C/C(=C\NC)C(C)C. The highest BCUT2D eigenvalue weighted by molar-refractivity contribution is 5.16. The van der Waals surface area contributed by atoms with Crippen LogP contribution in [-0.2, 0) is 0 Å². The molecule has 0 aromatic rings. The number of rotatable bonds is 3. The molecule has 0 aliphatic carbocycles. The van der Waals surface area contributed by atoms with Crippen molar-refractivity contribution in [2.45, 2.75) is 13.8 Å². The lowest BCUT2D eigenvalue weighted by atomic mass is 10.1. The fourth-order valence-corrected chi connectivity index (χ4v) is 0.628. The molecule has 0 aromatic heterocycles. The summed E-state index contributed by atoms with van der Waals surface area (Å²) >= 11 is 0. The van der Waals surface area contributed by atoms with Gasteiger partial charge >= 0.3 is 0 Å². The predicted molar refractivity (Wildman–Crippen MR) is 42.2 cm³/mol. The zero-order valence-corrected chi connectivity index (χ0v) is 6.44. The van der Waals surface area contributed by atoms with E-state index in [2.05, 4.69) is 25.7 Å². The van der Waals surface area contributed by atoms with Gasteiger partial charge in [-0.15, -0.1) is 0 Å². The Hall–Kier alpha value is -0.720. The molecule has 0 aliphatic rings. The Kier molecular flexibility index (Phi) is 3.85. The molecule has 0 rings (SSSR count). The van der Waals surface area contributed by atoms with Gasteiger partial charge in [0.2, 0.25) is 0 Å². The lowest BCUT2D eigenvalue weighted by Crippen LogP contribution is -1.99. The van der Waals surface area contributed by atoms with Gasteiger partial charge in [0, 0.05) is 7.05 Å². The van der Waals surface area contributed by atoms with Crippen LogP contribution < -0.4 is 5.32 Å². The minimum absolute atomic E-state index is 0.565. The van der Waals surface area contributed by atoms with Crippen LogP contribution in [0.2, 0.25) is 0 Å². The van der Waals surface area contributed by atoms with Gasteiger partial charge in [-0.05, 0) is 17.7 Å². The molecule has 0 fully saturated rings. The van der Waals surface area contributed by atoms with Crippen LogP contribution in [0.3, 0.4) is 0 Å². The van der Waals surface area contributed by atoms with E-state index in [0.717, 1.165) is 0 Å². The van der Waals surface area contributed by atoms with Gasteiger partial charge in [-0.2, -0.15) is 0 Å². The van der Waals surface area contributed by atoms with Crippen molar-refractivity contribution < 1.29 is 0 Å². The van der Waals surface area contributed by atoms with E-state index in [9.17, 15) is 0 Å². The summed E-state index contributed by atoms with van der Waals surface area (Å²) in [7, 11) is 1.89. The molecular weight excluding hydrogens is 110 g/mol. The van der Waals surface area contributed by atoms with Gasteiger partial charge in [-0.3, -0.25) is 0 Å². The van der Waals surface area contributed by atoms with Gasteiger partial charge in [0.15, 0.2) is 0 Å². The minimum atomic E-state index is 0.565. The van der Waals surface area contributed by atoms with Crippen LogP contribution in [0.5, 0.6) is 0 Å². The summed E-state index contributed by atoms with van der Waals surface area (Å²) in [5.74, 6) is 0.565. The van der Waals surface area contributed by atoms with E-state index < -0.39 is 0 Å². The van der Waals surface area contributed by atoms with Crippen molar-refractivity contribution >= 4 is 0 Å². The molecule has 1 nitrogen and oxygen atoms in total. The molecule has 9 heavy (non-hydrogen) atoms. The zero-order valence-electron chi connectivity index (χ0n) is 6.44. The van der Waals surface area contributed by atoms with Crippen molar-refractivity contribution in [1.82, 2.24) is 5.32 Å². The smallest absolute Gasteiger partial charge is 0.00278 e. The third-order valence-electron chi connectivity index (χ3n) is 1.21. The number of hydrogen-bond acceptors (Lipinski definition) is 1. The van der Waals surface area contributed by atoms with Gasteiger partial charge in [0.25, 0.3) is 0 Å². The highest BCUT2D eigenvalue weighted by atomic mass is 14.8. The molecule has 0 aliphatic heterocycles. The second-order valence-electron chi connectivity index (χ2n) is 2.29. The van der Waals surface area contributed by atoms with Crippen LogP contribution in [0, 0.1) is 5.92 Å². The zero-order chi connectivity index (χ0) is 7.28. The van der Waals surface area contributed by atoms with Crippen molar-refractivity contribution in [3.8, 4) is 0 Å². The van der Waals surface area contributed by atoms with E-state index in [1.165, 1.54) is 5.57 Å². The third kappa shape index (κ3) is 2.96. The Balaban J connectivity index is 3.97. The Bertz CT molecular complexity index is 112. The Labute approximate surface area is 57.5 Å². The lowest BCUT2D eigenvalue weighted by molar-refractivity contribution is 0.781. The Morgan fingerprint density at radius 2 is 2.11 bits per heavy atom. The molecule has 0 aromatic carbocycles. The highest BCUT2D eigenvalue weighted by Crippen LogP contribution is 2.07.